The monoisotopic (exact) mass is 575 g/mol. The van der Waals surface area contributed by atoms with Gasteiger partial charge in [0.2, 0.25) is 0 Å². The number of carboxylic acids is 1. The maximum Gasteiger partial charge on any atom is 0.323 e. The van der Waals surface area contributed by atoms with Gasteiger partial charge in [0.15, 0.2) is 17.3 Å². The van der Waals surface area contributed by atoms with Crippen molar-refractivity contribution in [2.24, 2.45) is 0 Å². The van der Waals surface area contributed by atoms with E-state index in [0.717, 1.165) is 16.3 Å². The lowest BCUT2D eigenvalue weighted by molar-refractivity contribution is -0.138. The zero-order valence-corrected chi connectivity index (χ0v) is 23.2. The van der Waals surface area contributed by atoms with Crippen LogP contribution in [0.5, 0.6) is 5.75 Å². The van der Waals surface area contributed by atoms with Crippen molar-refractivity contribution in [3.8, 4) is 5.75 Å². The number of fused-ring (bicyclic) bond motifs is 1. The molecule has 0 aromatic heterocycles. The van der Waals surface area contributed by atoms with Crippen LogP contribution in [0.25, 0.3) is 10.8 Å². The molecule has 0 spiro atoms. The van der Waals surface area contributed by atoms with Crippen LogP contribution in [-0.4, -0.2) is 34.1 Å². The van der Waals surface area contributed by atoms with Gasteiger partial charge in [-0.15, -0.1) is 0 Å². The molecule has 1 aliphatic heterocycles. The van der Waals surface area contributed by atoms with Crippen LogP contribution in [0.15, 0.2) is 77.1 Å². The van der Waals surface area contributed by atoms with E-state index in [-0.39, 0.29) is 34.8 Å². The highest BCUT2D eigenvalue weighted by molar-refractivity contribution is 6.37. The summed E-state index contributed by atoms with van der Waals surface area (Å²) in [5.74, 6) is -1.47. The Morgan fingerprint density at radius 3 is 2.10 bits per heavy atom. The molecular weight excluding hydrogens is 549 g/mol. The molecule has 2 aliphatic carbocycles. The molecule has 0 radical (unpaired) electrons. The summed E-state index contributed by atoms with van der Waals surface area (Å²) < 4.78 is 6.13. The van der Waals surface area contributed by atoms with Crippen molar-refractivity contribution in [1.82, 2.24) is 4.90 Å². The number of benzene rings is 3. The Labute approximate surface area is 241 Å². The van der Waals surface area contributed by atoms with Crippen molar-refractivity contribution in [3.63, 3.8) is 0 Å². The quantitative estimate of drug-likeness (QED) is 0.334. The van der Waals surface area contributed by atoms with E-state index in [0.29, 0.717) is 72.4 Å². The Morgan fingerprint density at radius 2 is 1.48 bits per heavy atom. The van der Waals surface area contributed by atoms with E-state index in [1.54, 1.807) is 17.0 Å². The molecule has 3 aliphatic rings. The fourth-order valence-corrected chi connectivity index (χ4v) is 6.94. The normalized spacial score (nSPS) is 17.8. The lowest BCUT2D eigenvalue weighted by Gasteiger charge is -2.43. The predicted molar refractivity (Wildman–Crippen MR) is 154 cm³/mol. The Balaban J connectivity index is 1.41. The number of aliphatic carboxylic acids is 1. The minimum Gasteiger partial charge on any atom is -0.486 e. The first-order valence-corrected chi connectivity index (χ1v) is 14.2. The molecule has 8 heteroatoms. The third-order valence-electron chi connectivity index (χ3n) is 7.99. The molecule has 0 fully saturated rings. The molecule has 40 heavy (non-hydrogen) atoms. The van der Waals surface area contributed by atoms with Gasteiger partial charge in [-0.1, -0.05) is 65.7 Å². The molecule has 1 N–H and O–H groups in total. The van der Waals surface area contributed by atoms with Crippen LogP contribution < -0.4 is 4.74 Å². The van der Waals surface area contributed by atoms with E-state index in [2.05, 4.69) is 0 Å². The molecule has 0 atom stereocenters. The fourth-order valence-electron chi connectivity index (χ4n) is 6.33. The minimum absolute atomic E-state index is 0.0740. The molecular formula is C32H27Cl2NO5. The first-order valence-electron chi connectivity index (χ1n) is 13.4. The molecule has 0 unspecified atom stereocenters. The summed E-state index contributed by atoms with van der Waals surface area (Å²) in [5.41, 5.74) is 3.98. The lowest BCUT2D eigenvalue weighted by atomic mass is 9.71. The van der Waals surface area contributed by atoms with Crippen molar-refractivity contribution in [1.29, 1.82) is 0 Å². The van der Waals surface area contributed by atoms with Gasteiger partial charge in [-0.05, 0) is 59.7 Å². The van der Waals surface area contributed by atoms with Gasteiger partial charge in [-0.2, -0.15) is 0 Å². The van der Waals surface area contributed by atoms with Crippen molar-refractivity contribution in [3.05, 3.63) is 98.3 Å². The predicted octanol–water partition coefficient (Wildman–Crippen LogP) is 7.22. The summed E-state index contributed by atoms with van der Waals surface area (Å²) in [7, 11) is 0. The highest BCUT2D eigenvalue weighted by Gasteiger charge is 2.44. The van der Waals surface area contributed by atoms with Crippen molar-refractivity contribution in [2.45, 2.75) is 51.0 Å². The molecule has 3 aromatic carbocycles. The van der Waals surface area contributed by atoms with Crippen LogP contribution in [0.3, 0.4) is 0 Å². The summed E-state index contributed by atoms with van der Waals surface area (Å²) >= 11 is 13.5. The number of allylic oxidation sites excluding steroid dienone is 4. The molecule has 204 valence electrons. The summed E-state index contributed by atoms with van der Waals surface area (Å²) in [5, 5.41) is 12.4. The van der Waals surface area contributed by atoms with Gasteiger partial charge in [0.05, 0.1) is 10.0 Å². The molecule has 3 aromatic rings. The fraction of sp³-hybridized carbons (Fsp3) is 0.281. The van der Waals surface area contributed by atoms with Gasteiger partial charge in [0, 0.05) is 41.3 Å². The number of ketones is 2. The highest BCUT2D eigenvalue weighted by Crippen LogP contribution is 2.50. The number of rotatable bonds is 6. The Kier molecular flexibility index (Phi) is 7.15. The number of carbonyl (C=O) groups excluding carboxylic acids is 2. The largest absolute Gasteiger partial charge is 0.486 e. The van der Waals surface area contributed by atoms with Crippen LogP contribution >= 0.6 is 23.2 Å². The molecule has 0 amide bonds. The van der Waals surface area contributed by atoms with Crippen LogP contribution in [0.1, 0.15) is 55.6 Å². The Hall–Kier alpha value is -3.61. The molecule has 1 heterocycles. The third-order valence-corrected chi connectivity index (χ3v) is 8.55. The average Bonchev–Trinajstić information content (AvgIpc) is 2.93. The van der Waals surface area contributed by atoms with Crippen LogP contribution in [0.2, 0.25) is 10.0 Å². The number of carbonyl (C=O) groups is 3. The maximum absolute atomic E-state index is 13.4. The number of hydrogen-bond acceptors (Lipinski definition) is 5. The van der Waals surface area contributed by atoms with E-state index in [9.17, 15) is 19.5 Å². The molecule has 0 bridgehead atoms. The number of Topliss-reactive ketones (excluding diaryl/α,β-unsaturated/α-hetero) is 2. The summed E-state index contributed by atoms with van der Waals surface area (Å²) in [6, 6.07) is 17.5. The summed E-state index contributed by atoms with van der Waals surface area (Å²) in [4.78, 5) is 40.2. The summed E-state index contributed by atoms with van der Waals surface area (Å²) in [6.45, 7) is -0.0251. The zero-order valence-electron chi connectivity index (χ0n) is 21.7. The number of ether oxygens (including phenoxy) is 1. The second-order valence-electron chi connectivity index (χ2n) is 10.4. The topological polar surface area (TPSA) is 83.9 Å². The van der Waals surface area contributed by atoms with E-state index < -0.39 is 11.9 Å². The zero-order chi connectivity index (χ0) is 28.0. The first-order chi connectivity index (χ1) is 19.3. The first kappa shape index (κ1) is 26.6. The lowest BCUT2D eigenvalue weighted by Crippen LogP contribution is -2.41. The Morgan fingerprint density at radius 1 is 0.875 bits per heavy atom. The van der Waals surface area contributed by atoms with Crippen LogP contribution in [0, 0.1) is 0 Å². The second kappa shape index (κ2) is 10.8. The van der Waals surface area contributed by atoms with Gasteiger partial charge in [0.1, 0.15) is 13.2 Å². The minimum atomic E-state index is -1.01. The maximum atomic E-state index is 13.4. The van der Waals surface area contributed by atoms with Gasteiger partial charge in [0.25, 0.3) is 0 Å². The standard InChI is InChI=1S/C32H27Cl2NO5/c33-22-14-20(15-23(34)32(22)40-17-19-8-3-7-18-6-1-2-9-21(18)19)29-30-24(10-4-12-26(30)36)35(16-28(38)39)25-11-5-13-27(37)31(25)29/h1-3,6-9,14-15,29H,4-5,10-13,16-17H2,(H,38,39). The smallest absolute Gasteiger partial charge is 0.323 e. The van der Waals surface area contributed by atoms with E-state index in [1.165, 1.54) is 0 Å². The Bertz CT molecular complexity index is 1570. The van der Waals surface area contributed by atoms with Crippen molar-refractivity contribution < 1.29 is 24.2 Å². The van der Waals surface area contributed by atoms with E-state index in [1.807, 2.05) is 42.5 Å². The number of halogens is 2. The highest BCUT2D eigenvalue weighted by atomic mass is 35.5. The average molecular weight is 576 g/mol. The number of nitrogens with zero attached hydrogens (tertiary/aromatic N) is 1. The molecule has 6 nitrogen and oxygen atoms in total. The third kappa shape index (κ3) is 4.69. The number of hydrogen-bond donors (Lipinski definition) is 1. The van der Waals surface area contributed by atoms with Gasteiger partial charge < -0.3 is 14.7 Å². The summed E-state index contributed by atoms with van der Waals surface area (Å²) in [6.07, 6.45) is 3.12. The molecule has 0 saturated heterocycles. The van der Waals surface area contributed by atoms with Crippen molar-refractivity contribution in [2.75, 3.05) is 6.54 Å². The van der Waals surface area contributed by atoms with E-state index >= 15 is 0 Å². The van der Waals surface area contributed by atoms with Crippen LogP contribution in [0.4, 0.5) is 0 Å². The second-order valence-corrected chi connectivity index (χ2v) is 11.2. The number of carboxylic acid groups (broad SMARTS) is 1. The molecule has 6 rings (SSSR count). The van der Waals surface area contributed by atoms with Crippen LogP contribution in [-0.2, 0) is 21.0 Å². The van der Waals surface area contributed by atoms with Crippen molar-refractivity contribution >= 4 is 51.5 Å². The molecule has 0 saturated carbocycles. The van der Waals surface area contributed by atoms with Gasteiger partial charge in [-0.3, -0.25) is 14.4 Å². The SMILES string of the molecule is O=C(O)CN1C2=C(C(=O)CCC2)C(c2cc(Cl)c(OCc3cccc4ccccc34)c(Cl)c2)C2=C1CCCC2=O. The van der Waals surface area contributed by atoms with E-state index in [4.69, 9.17) is 27.9 Å². The van der Waals surface area contributed by atoms with Gasteiger partial charge in [-0.25, -0.2) is 0 Å². The van der Waals surface area contributed by atoms with Gasteiger partial charge >= 0.3 is 5.97 Å².